The molecular formula is C12H16Cl2. The number of benzene rings is 1. The minimum Gasteiger partial charge on any atom is -0.0840 e. The van der Waals surface area contributed by atoms with Crippen LogP contribution in [0.25, 0.3) is 0 Å². The van der Waals surface area contributed by atoms with Crippen LogP contribution in [0.15, 0.2) is 12.1 Å². The summed E-state index contributed by atoms with van der Waals surface area (Å²) in [5.41, 5.74) is 2.36. The van der Waals surface area contributed by atoms with Gasteiger partial charge in [0.2, 0.25) is 0 Å². The number of halogens is 2. The Kier molecular flexibility index (Phi) is 3.86. The summed E-state index contributed by atoms with van der Waals surface area (Å²) in [6.07, 6.45) is 0. The van der Waals surface area contributed by atoms with Gasteiger partial charge in [0.25, 0.3) is 0 Å². The minimum absolute atomic E-state index is 0.442. The van der Waals surface area contributed by atoms with Gasteiger partial charge in [-0.15, -0.1) is 0 Å². The normalized spacial score (nSPS) is 11.4. The first-order chi connectivity index (χ1) is 6.43. The lowest BCUT2D eigenvalue weighted by Crippen LogP contribution is -1.95. The largest absolute Gasteiger partial charge is 0.0840 e. The van der Waals surface area contributed by atoms with E-state index in [9.17, 15) is 0 Å². The van der Waals surface area contributed by atoms with E-state index in [0.29, 0.717) is 11.8 Å². The number of hydrogen-bond donors (Lipinski definition) is 0. The van der Waals surface area contributed by atoms with Crippen LogP contribution in [0.2, 0.25) is 10.0 Å². The first-order valence-corrected chi connectivity index (χ1v) is 5.68. The average Bonchev–Trinajstić information content (AvgIpc) is 2.02. The molecule has 2 heteroatoms. The van der Waals surface area contributed by atoms with Crippen molar-refractivity contribution in [2.24, 2.45) is 0 Å². The molecular weight excluding hydrogens is 215 g/mol. The van der Waals surface area contributed by atoms with Gasteiger partial charge in [-0.1, -0.05) is 57.0 Å². The van der Waals surface area contributed by atoms with E-state index in [-0.39, 0.29) is 0 Å². The van der Waals surface area contributed by atoms with E-state index in [0.717, 1.165) is 10.0 Å². The van der Waals surface area contributed by atoms with Crippen LogP contribution in [0.5, 0.6) is 0 Å². The molecule has 0 unspecified atom stereocenters. The molecule has 0 aromatic heterocycles. The summed E-state index contributed by atoms with van der Waals surface area (Å²) in [6, 6.07) is 3.98. The molecule has 78 valence electrons. The lowest BCUT2D eigenvalue weighted by molar-refractivity contribution is 0.834. The van der Waals surface area contributed by atoms with Crippen molar-refractivity contribution in [1.29, 1.82) is 0 Å². The molecule has 0 aliphatic rings. The Bertz CT molecular complexity index is 298. The van der Waals surface area contributed by atoms with Crippen LogP contribution >= 0.6 is 23.2 Å². The molecule has 0 saturated carbocycles. The van der Waals surface area contributed by atoms with E-state index in [1.54, 1.807) is 0 Å². The molecule has 1 rings (SSSR count). The summed E-state index contributed by atoms with van der Waals surface area (Å²) >= 11 is 12.2. The zero-order valence-electron chi connectivity index (χ0n) is 9.07. The molecule has 1 aromatic rings. The van der Waals surface area contributed by atoms with Gasteiger partial charge in [-0.05, 0) is 29.0 Å². The van der Waals surface area contributed by atoms with Gasteiger partial charge in [0.1, 0.15) is 0 Å². The summed E-state index contributed by atoms with van der Waals surface area (Å²) in [6.45, 7) is 8.55. The molecule has 0 aliphatic carbocycles. The maximum absolute atomic E-state index is 6.12. The molecule has 0 aliphatic heterocycles. The van der Waals surface area contributed by atoms with E-state index in [4.69, 9.17) is 23.2 Å². The lowest BCUT2D eigenvalue weighted by atomic mass is 9.96. The predicted molar refractivity (Wildman–Crippen MR) is 64.6 cm³/mol. The Morgan fingerprint density at radius 3 is 1.43 bits per heavy atom. The highest BCUT2D eigenvalue weighted by Crippen LogP contribution is 2.33. The van der Waals surface area contributed by atoms with Crippen LogP contribution in [-0.2, 0) is 0 Å². The summed E-state index contributed by atoms with van der Waals surface area (Å²) in [5, 5.41) is 1.55. The Morgan fingerprint density at radius 2 is 1.14 bits per heavy atom. The van der Waals surface area contributed by atoms with Crippen LogP contribution < -0.4 is 0 Å². The second-order valence-corrected chi connectivity index (χ2v) is 5.02. The molecule has 14 heavy (non-hydrogen) atoms. The molecule has 0 amide bonds. The quantitative estimate of drug-likeness (QED) is 0.652. The van der Waals surface area contributed by atoms with Gasteiger partial charge >= 0.3 is 0 Å². The van der Waals surface area contributed by atoms with Crippen molar-refractivity contribution in [2.75, 3.05) is 0 Å². The number of rotatable bonds is 2. The van der Waals surface area contributed by atoms with Crippen molar-refractivity contribution in [3.8, 4) is 0 Å². The van der Waals surface area contributed by atoms with Crippen molar-refractivity contribution in [3.63, 3.8) is 0 Å². The fraction of sp³-hybridized carbons (Fsp3) is 0.500. The van der Waals surface area contributed by atoms with Gasteiger partial charge < -0.3 is 0 Å². The van der Waals surface area contributed by atoms with Gasteiger partial charge in [-0.25, -0.2) is 0 Å². The highest BCUT2D eigenvalue weighted by molar-refractivity contribution is 6.35. The molecule has 0 saturated heterocycles. The maximum Gasteiger partial charge on any atom is 0.0455 e. The maximum atomic E-state index is 6.12. The zero-order valence-corrected chi connectivity index (χ0v) is 10.6. The van der Waals surface area contributed by atoms with Crippen LogP contribution in [0.4, 0.5) is 0 Å². The Hall–Kier alpha value is -0.200. The molecule has 0 atom stereocenters. The predicted octanol–water partition coefficient (Wildman–Crippen LogP) is 5.24. The fourth-order valence-electron chi connectivity index (χ4n) is 1.47. The monoisotopic (exact) mass is 230 g/mol. The standard InChI is InChI=1S/C12H16Cl2/c1-7(2)9-5-10(8(3)4)12(14)6-11(9)13/h5-8H,1-4H3. The Labute approximate surface area is 96.2 Å². The molecule has 0 nitrogen and oxygen atoms in total. The van der Waals surface area contributed by atoms with Crippen LogP contribution in [0.3, 0.4) is 0 Å². The Balaban J connectivity index is 3.27. The molecule has 0 spiro atoms. The molecule has 0 fully saturated rings. The lowest BCUT2D eigenvalue weighted by Gasteiger charge is -2.14. The summed E-state index contributed by atoms with van der Waals surface area (Å²) in [4.78, 5) is 0. The highest BCUT2D eigenvalue weighted by atomic mass is 35.5. The van der Waals surface area contributed by atoms with E-state index < -0.39 is 0 Å². The first-order valence-electron chi connectivity index (χ1n) is 4.92. The van der Waals surface area contributed by atoms with Gasteiger partial charge in [0.05, 0.1) is 0 Å². The third-order valence-electron chi connectivity index (χ3n) is 2.36. The van der Waals surface area contributed by atoms with Crippen molar-refractivity contribution in [2.45, 2.75) is 39.5 Å². The van der Waals surface area contributed by atoms with Crippen molar-refractivity contribution >= 4 is 23.2 Å². The second-order valence-electron chi connectivity index (χ2n) is 4.20. The summed E-state index contributed by atoms with van der Waals surface area (Å²) in [5.74, 6) is 0.884. The first kappa shape index (κ1) is 11.9. The SMILES string of the molecule is CC(C)c1cc(C(C)C)c(Cl)cc1Cl. The minimum atomic E-state index is 0.442. The van der Waals surface area contributed by atoms with Crippen LogP contribution in [0, 0.1) is 0 Å². The van der Waals surface area contributed by atoms with Gasteiger partial charge in [-0.2, -0.15) is 0 Å². The highest BCUT2D eigenvalue weighted by Gasteiger charge is 2.11. The topological polar surface area (TPSA) is 0 Å². The van der Waals surface area contributed by atoms with Gasteiger partial charge in [-0.3, -0.25) is 0 Å². The summed E-state index contributed by atoms with van der Waals surface area (Å²) < 4.78 is 0. The van der Waals surface area contributed by atoms with Crippen molar-refractivity contribution in [1.82, 2.24) is 0 Å². The number of hydrogen-bond acceptors (Lipinski definition) is 0. The molecule has 0 bridgehead atoms. The fourth-order valence-corrected chi connectivity index (χ4v) is 2.29. The average molecular weight is 231 g/mol. The summed E-state index contributed by atoms with van der Waals surface area (Å²) in [7, 11) is 0. The molecule has 1 aromatic carbocycles. The van der Waals surface area contributed by atoms with Crippen LogP contribution in [-0.4, -0.2) is 0 Å². The van der Waals surface area contributed by atoms with E-state index in [1.807, 2.05) is 6.07 Å². The smallest absolute Gasteiger partial charge is 0.0455 e. The van der Waals surface area contributed by atoms with E-state index in [2.05, 4.69) is 33.8 Å². The third kappa shape index (κ3) is 2.43. The van der Waals surface area contributed by atoms with Gasteiger partial charge in [0, 0.05) is 10.0 Å². The van der Waals surface area contributed by atoms with Gasteiger partial charge in [0.15, 0.2) is 0 Å². The Morgan fingerprint density at radius 1 is 0.786 bits per heavy atom. The molecule has 0 heterocycles. The van der Waals surface area contributed by atoms with Crippen molar-refractivity contribution in [3.05, 3.63) is 33.3 Å². The molecule has 0 radical (unpaired) electrons. The van der Waals surface area contributed by atoms with E-state index >= 15 is 0 Å². The van der Waals surface area contributed by atoms with E-state index in [1.165, 1.54) is 11.1 Å². The second kappa shape index (κ2) is 4.55. The van der Waals surface area contributed by atoms with Crippen molar-refractivity contribution < 1.29 is 0 Å². The zero-order chi connectivity index (χ0) is 10.9. The van der Waals surface area contributed by atoms with Crippen LogP contribution in [0.1, 0.15) is 50.7 Å². The molecule has 0 N–H and O–H groups in total. The third-order valence-corrected chi connectivity index (χ3v) is 3.01.